The molecule has 2 aromatic rings. The first-order valence-corrected chi connectivity index (χ1v) is 6.36. The number of ether oxygens (including phenoxy) is 1. The van der Waals surface area contributed by atoms with Crippen molar-refractivity contribution in [2.45, 2.75) is 6.92 Å². The van der Waals surface area contributed by atoms with Gasteiger partial charge in [0.25, 0.3) is 0 Å². The number of para-hydroxylation sites is 1. The summed E-state index contributed by atoms with van der Waals surface area (Å²) in [4.78, 5) is 0. The maximum Gasteiger partial charge on any atom is 0.122 e. The Balaban J connectivity index is 2.37. The van der Waals surface area contributed by atoms with E-state index >= 15 is 0 Å². The zero-order chi connectivity index (χ0) is 13.1. The molecule has 3 N–H and O–H groups in total. The molecule has 18 heavy (non-hydrogen) atoms. The van der Waals surface area contributed by atoms with Crippen LogP contribution in [0, 0.1) is 6.92 Å². The van der Waals surface area contributed by atoms with Gasteiger partial charge in [0, 0.05) is 16.2 Å². The lowest BCUT2D eigenvalue weighted by molar-refractivity contribution is 0.415. The van der Waals surface area contributed by atoms with Gasteiger partial charge in [-0.05, 0) is 30.7 Å². The summed E-state index contributed by atoms with van der Waals surface area (Å²) in [6.45, 7) is 2.02. The van der Waals surface area contributed by atoms with Gasteiger partial charge in [0.1, 0.15) is 5.75 Å². The van der Waals surface area contributed by atoms with E-state index in [9.17, 15) is 0 Å². The number of aryl methyl sites for hydroxylation is 1. The molecule has 4 heteroatoms. The number of hydrogen-bond donors (Lipinski definition) is 2. The van der Waals surface area contributed by atoms with E-state index in [4.69, 9.17) is 10.5 Å². The van der Waals surface area contributed by atoms with E-state index < -0.39 is 0 Å². The van der Waals surface area contributed by atoms with Gasteiger partial charge in [-0.15, -0.1) is 0 Å². The zero-order valence-corrected chi connectivity index (χ0v) is 11.9. The number of nitrogens with one attached hydrogen (secondary N) is 1. The van der Waals surface area contributed by atoms with Gasteiger partial charge in [0.05, 0.1) is 18.5 Å². The third-order valence-corrected chi connectivity index (χ3v) is 3.14. The van der Waals surface area contributed by atoms with Gasteiger partial charge in [-0.3, -0.25) is 0 Å². The van der Waals surface area contributed by atoms with Crippen molar-refractivity contribution in [3.63, 3.8) is 0 Å². The van der Waals surface area contributed by atoms with Gasteiger partial charge >= 0.3 is 0 Å². The monoisotopic (exact) mass is 306 g/mol. The van der Waals surface area contributed by atoms with Crippen LogP contribution in [0.4, 0.5) is 17.1 Å². The Labute approximate surface area is 115 Å². The van der Waals surface area contributed by atoms with Crippen molar-refractivity contribution in [2.24, 2.45) is 0 Å². The van der Waals surface area contributed by atoms with E-state index in [0.717, 1.165) is 32.8 Å². The van der Waals surface area contributed by atoms with Crippen molar-refractivity contribution in [1.29, 1.82) is 0 Å². The molecule has 0 unspecified atom stereocenters. The van der Waals surface area contributed by atoms with Crippen molar-refractivity contribution in [1.82, 2.24) is 0 Å². The van der Waals surface area contributed by atoms with Gasteiger partial charge < -0.3 is 15.8 Å². The summed E-state index contributed by atoms with van der Waals surface area (Å²) in [5.41, 5.74) is 9.67. The van der Waals surface area contributed by atoms with E-state index in [1.807, 2.05) is 43.3 Å². The van der Waals surface area contributed by atoms with E-state index in [2.05, 4.69) is 21.2 Å². The molecule has 0 aliphatic heterocycles. The van der Waals surface area contributed by atoms with Crippen LogP contribution >= 0.6 is 15.9 Å². The molecule has 0 atom stereocenters. The Bertz CT molecular complexity index is 549. The second-order valence-electron chi connectivity index (χ2n) is 4.04. The Kier molecular flexibility index (Phi) is 3.77. The second-order valence-corrected chi connectivity index (χ2v) is 4.96. The van der Waals surface area contributed by atoms with Gasteiger partial charge in [-0.25, -0.2) is 0 Å². The van der Waals surface area contributed by atoms with Crippen LogP contribution in [-0.4, -0.2) is 7.11 Å². The summed E-state index contributed by atoms with van der Waals surface area (Å²) in [5, 5.41) is 3.32. The minimum atomic E-state index is 0.731. The summed E-state index contributed by atoms with van der Waals surface area (Å²) in [6.07, 6.45) is 0. The first-order valence-electron chi connectivity index (χ1n) is 5.57. The number of hydrogen-bond acceptors (Lipinski definition) is 3. The lowest BCUT2D eigenvalue weighted by Gasteiger charge is -2.13. The fourth-order valence-electron chi connectivity index (χ4n) is 1.76. The van der Waals surface area contributed by atoms with Crippen LogP contribution < -0.4 is 15.8 Å². The highest BCUT2D eigenvalue weighted by atomic mass is 79.9. The molecule has 0 saturated heterocycles. The second kappa shape index (κ2) is 5.31. The highest BCUT2D eigenvalue weighted by Gasteiger charge is 2.05. The maximum atomic E-state index is 5.97. The summed E-state index contributed by atoms with van der Waals surface area (Å²) in [5.74, 6) is 0.791. The number of rotatable bonds is 3. The van der Waals surface area contributed by atoms with Crippen molar-refractivity contribution in [2.75, 3.05) is 18.2 Å². The van der Waals surface area contributed by atoms with Gasteiger partial charge in [-0.1, -0.05) is 28.1 Å². The molecular weight excluding hydrogens is 292 g/mol. The molecule has 0 heterocycles. The molecule has 0 bridgehead atoms. The van der Waals surface area contributed by atoms with Gasteiger partial charge in [0.15, 0.2) is 0 Å². The molecule has 2 aromatic carbocycles. The number of halogens is 1. The minimum absolute atomic E-state index is 0.731. The van der Waals surface area contributed by atoms with Crippen LogP contribution in [0.5, 0.6) is 5.75 Å². The molecular formula is C14H15BrN2O. The molecule has 0 aromatic heterocycles. The van der Waals surface area contributed by atoms with Gasteiger partial charge in [0.2, 0.25) is 0 Å². The van der Waals surface area contributed by atoms with Gasteiger partial charge in [-0.2, -0.15) is 0 Å². The fourth-order valence-corrected chi connectivity index (χ4v) is 2.23. The third kappa shape index (κ3) is 2.76. The molecule has 0 spiro atoms. The van der Waals surface area contributed by atoms with Crippen molar-refractivity contribution >= 4 is 33.0 Å². The zero-order valence-electron chi connectivity index (χ0n) is 10.3. The predicted octanol–water partition coefficient (Wildman–Crippen LogP) is 4.09. The Morgan fingerprint density at radius 3 is 2.67 bits per heavy atom. The lowest BCUT2D eigenvalue weighted by atomic mass is 10.1. The molecule has 0 saturated carbocycles. The minimum Gasteiger partial charge on any atom is -0.497 e. The SMILES string of the molecule is COc1cc(Br)cc(Nc2c(C)cccc2N)c1. The summed E-state index contributed by atoms with van der Waals surface area (Å²) >= 11 is 3.45. The number of benzene rings is 2. The highest BCUT2D eigenvalue weighted by Crippen LogP contribution is 2.30. The number of methoxy groups -OCH3 is 1. The molecule has 2 rings (SSSR count). The number of anilines is 3. The Morgan fingerprint density at radius 1 is 1.22 bits per heavy atom. The standard InChI is InChI=1S/C14H15BrN2O/c1-9-4-3-5-13(16)14(9)17-11-6-10(15)7-12(8-11)18-2/h3-8,17H,16H2,1-2H3. The summed E-state index contributed by atoms with van der Waals surface area (Å²) in [7, 11) is 1.65. The van der Waals surface area contributed by atoms with E-state index in [1.54, 1.807) is 7.11 Å². The van der Waals surface area contributed by atoms with Crippen molar-refractivity contribution < 1.29 is 4.74 Å². The maximum absolute atomic E-state index is 5.97. The molecule has 0 aliphatic carbocycles. The molecule has 0 fully saturated rings. The van der Waals surface area contributed by atoms with Crippen molar-refractivity contribution in [3.05, 3.63) is 46.4 Å². The largest absolute Gasteiger partial charge is 0.497 e. The van der Waals surface area contributed by atoms with Crippen LogP contribution in [0.2, 0.25) is 0 Å². The fraction of sp³-hybridized carbons (Fsp3) is 0.143. The number of nitrogen functional groups attached to an aromatic ring is 1. The van der Waals surface area contributed by atoms with E-state index in [1.165, 1.54) is 0 Å². The van der Waals surface area contributed by atoms with E-state index in [-0.39, 0.29) is 0 Å². The summed E-state index contributed by atoms with van der Waals surface area (Å²) < 4.78 is 6.19. The Morgan fingerprint density at radius 2 is 2.00 bits per heavy atom. The smallest absolute Gasteiger partial charge is 0.122 e. The predicted molar refractivity (Wildman–Crippen MR) is 79.6 cm³/mol. The topological polar surface area (TPSA) is 47.3 Å². The highest BCUT2D eigenvalue weighted by molar-refractivity contribution is 9.10. The van der Waals surface area contributed by atoms with Crippen LogP contribution in [0.3, 0.4) is 0 Å². The third-order valence-electron chi connectivity index (χ3n) is 2.68. The molecule has 0 radical (unpaired) electrons. The molecule has 3 nitrogen and oxygen atoms in total. The van der Waals surface area contributed by atoms with Crippen molar-refractivity contribution in [3.8, 4) is 5.75 Å². The number of nitrogens with two attached hydrogens (primary N) is 1. The molecule has 94 valence electrons. The first-order chi connectivity index (χ1) is 8.60. The first kappa shape index (κ1) is 12.8. The average Bonchev–Trinajstić information content (AvgIpc) is 2.33. The van der Waals surface area contributed by atoms with Crippen LogP contribution in [0.15, 0.2) is 40.9 Å². The Hall–Kier alpha value is -1.68. The quantitative estimate of drug-likeness (QED) is 0.840. The molecule has 0 amide bonds. The van der Waals surface area contributed by atoms with Crippen LogP contribution in [0.1, 0.15) is 5.56 Å². The van der Waals surface area contributed by atoms with Crippen LogP contribution in [-0.2, 0) is 0 Å². The lowest BCUT2D eigenvalue weighted by Crippen LogP contribution is -1.99. The molecule has 0 aliphatic rings. The average molecular weight is 307 g/mol. The van der Waals surface area contributed by atoms with E-state index in [0.29, 0.717) is 0 Å². The van der Waals surface area contributed by atoms with Crippen LogP contribution in [0.25, 0.3) is 0 Å². The normalized spacial score (nSPS) is 10.2. The summed E-state index contributed by atoms with van der Waals surface area (Å²) in [6, 6.07) is 11.7.